The van der Waals surface area contributed by atoms with Gasteiger partial charge in [-0.3, -0.25) is 0 Å². The third-order valence-electron chi connectivity index (χ3n) is 2.33. The molecule has 0 heterocycles. The molecule has 0 aromatic heterocycles. The molecule has 5 heteroatoms. The van der Waals surface area contributed by atoms with Crippen molar-refractivity contribution in [3.63, 3.8) is 0 Å². The van der Waals surface area contributed by atoms with Gasteiger partial charge in [0.15, 0.2) is 9.84 Å². The molecule has 96 valence electrons. The molecule has 0 saturated carbocycles. The molecule has 0 aliphatic heterocycles. The Morgan fingerprint density at radius 3 is 2.47 bits per heavy atom. The number of hydrogen-bond donors (Lipinski definition) is 1. The SMILES string of the molecule is CCOC(CN)CS(=O)(=O)Cc1ccccc1. The smallest absolute Gasteiger partial charge is 0.157 e. The van der Waals surface area contributed by atoms with E-state index in [9.17, 15) is 8.42 Å². The molecule has 1 aromatic rings. The van der Waals surface area contributed by atoms with Gasteiger partial charge in [0.05, 0.1) is 17.6 Å². The second-order valence-corrected chi connectivity index (χ2v) is 5.96. The number of hydrogen-bond acceptors (Lipinski definition) is 4. The van der Waals surface area contributed by atoms with Crippen LogP contribution in [0, 0.1) is 0 Å². The summed E-state index contributed by atoms with van der Waals surface area (Å²) in [6.07, 6.45) is -0.409. The predicted octanol–water partition coefficient (Wildman–Crippen LogP) is 0.965. The van der Waals surface area contributed by atoms with Gasteiger partial charge in [-0.05, 0) is 12.5 Å². The van der Waals surface area contributed by atoms with Crippen LogP contribution in [0.25, 0.3) is 0 Å². The second kappa shape index (κ2) is 6.74. The van der Waals surface area contributed by atoms with E-state index in [2.05, 4.69) is 0 Å². The Morgan fingerprint density at radius 2 is 1.94 bits per heavy atom. The van der Waals surface area contributed by atoms with E-state index in [0.29, 0.717) is 6.61 Å². The summed E-state index contributed by atoms with van der Waals surface area (Å²) in [4.78, 5) is 0. The lowest BCUT2D eigenvalue weighted by atomic mass is 10.2. The normalized spacial score (nSPS) is 13.5. The van der Waals surface area contributed by atoms with Gasteiger partial charge in [-0.2, -0.15) is 0 Å². The summed E-state index contributed by atoms with van der Waals surface area (Å²) >= 11 is 0. The largest absolute Gasteiger partial charge is 0.376 e. The Morgan fingerprint density at radius 1 is 1.29 bits per heavy atom. The van der Waals surface area contributed by atoms with Crippen LogP contribution in [0.15, 0.2) is 30.3 Å². The first-order chi connectivity index (χ1) is 8.07. The first kappa shape index (κ1) is 14.2. The molecule has 0 aliphatic rings. The van der Waals surface area contributed by atoms with Crippen LogP contribution in [0.2, 0.25) is 0 Å². The highest BCUT2D eigenvalue weighted by atomic mass is 32.2. The third-order valence-corrected chi connectivity index (χ3v) is 3.99. The number of benzene rings is 1. The van der Waals surface area contributed by atoms with Gasteiger partial charge in [-0.1, -0.05) is 30.3 Å². The Balaban J connectivity index is 2.63. The number of nitrogens with two attached hydrogens (primary N) is 1. The third kappa shape index (κ3) is 5.30. The summed E-state index contributed by atoms with van der Waals surface area (Å²) < 4.78 is 29.1. The Kier molecular flexibility index (Phi) is 5.61. The molecule has 0 saturated heterocycles. The fourth-order valence-corrected chi connectivity index (χ4v) is 3.21. The van der Waals surface area contributed by atoms with E-state index in [1.165, 1.54) is 0 Å². The van der Waals surface area contributed by atoms with E-state index in [-0.39, 0.29) is 18.1 Å². The summed E-state index contributed by atoms with van der Waals surface area (Å²) in [5, 5.41) is 0. The first-order valence-electron chi connectivity index (χ1n) is 5.63. The summed E-state index contributed by atoms with van der Waals surface area (Å²) in [6, 6.07) is 9.12. The molecule has 1 atom stereocenters. The maximum atomic E-state index is 11.9. The van der Waals surface area contributed by atoms with Crippen molar-refractivity contribution < 1.29 is 13.2 Å². The van der Waals surface area contributed by atoms with Gasteiger partial charge >= 0.3 is 0 Å². The van der Waals surface area contributed by atoms with Crippen molar-refractivity contribution in [2.45, 2.75) is 18.8 Å². The lowest BCUT2D eigenvalue weighted by Crippen LogP contribution is -2.32. The van der Waals surface area contributed by atoms with Crippen molar-refractivity contribution in [1.82, 2.24) is 0 Å². The standard InChI is InChI=1S/C12H19NO3S/c1-2-16-12(8-13)10-17(14,15)9-11-6-4-3-5-7-11/h3-7,12H,2,8-10,13H2,1H3. The van der Waals surface area contributed by atoms with Gasteiger partial charge in [-0.25, -0.2) is 8.42 Å². The Labute approximate surface area is 103 Å². The molecule has 2 N–H and O–H groups in total. The fraction of sp³-hybridized carbons (Fsp3) is 0.500. The molecule has 1 aromatic carbocycles. The maximum absolute atomic E-state index is 11.9. The molecule has 0 spiro atoms. The van der Waals surface area contributed by atoms with Gasteiger partial charge in [0.2, 0.25) is 0 Å². The van der Waals surface area contributed by atoms with Crippen molar-refractivity contribution in [1.29, 1.82) is 0 Å². The minimum atomic E-state index is -3.17. The van der Waals surface area contributed by atoms with Crippen LogP contribution in [-0.4, -0.2) is 33.4 Å². The summed E-state index contributed by atoms with van der Waals surface area (Å²) in [5.41, 5.74) is 6.26. The molecule has 17 heavy (non-hydrogen) atoms. The summed E-state index contributed by atoms with van der Waals surface area (Å²) in [5.74, 6) is 0.0175. The van der Waals surface area contributed by atoms with Crippen molar-refractivity contribution in [2.75, 3.05) is 18.9 Å². The van der Waals surface area contributed by atoms with Crippen LogP contribution >= 0.6 is 0 Å². The Bertz CT molecular complexity index is 417. The summed E-state index contributed by atoms with van der Waals surface area (Å²) in [7, 11) is -3.17. The average Bonchev–Trinajstić information content (AvgIpc) is 2.29. The molecule has 0 amide bonds. The van der Waals surface area contributed by atoms with E-state index >= 15 is 0 Å². The van der Waals surface area contributed by atoms with Crippen molar-refractivity contribution >= 4 is 9.84 Å². The maximum Gasteiger partial charge on any atom is 0.157 e. The lowest BCUT2D eigenvalue weighted by Gasteiger charge is -2.14. The van der Waals surface area contributed by atoms with Gasteiger partial charge in [0, 0.05) is 13.2 Å². The second-order valence-electron chi connectivity index (χ2n) is 3.85. The van der Waals surface area contributed by atoms with Crippen LogP contribution in [-0.2, 0) is 20.3 Å². The van der Waals surface area contributed by atoms with Crippen molar-refractivity contribution in [2.24, 2.45) is 5.73 Å². The molecule has 0 fully saturated rings. The lowest BCUT2D eigenvalue weighted by molar-refractivity contribution is 0.0846. The van der Waals surface area contributed by atoms with E-state index in [1.54, 1.807) is 12.1 Å². The van der Waals surface area contributed by atoms with Gasteiger partial charge in [0.25, 0.3) is 0 Å². The van der Waals surface area contributed by atoms with Crippen LogP contribution in [0.4, 0.5) is 0 Å². The Hall–Kier alpha value is -0.910. The summed E-state index contributed by atoms with van der Waals surface area (Å²) in [6.45, 7) is 2.52. The molecule has 1 unspecified atom stereocenters. The topological polar surface area (TPSA) is 69.4 Å². The van der Waals surface area contributed by atoms with Gasteiger partial charge in [0.1, 0.15) is 0 Å². The fourth-order valence-electron chi connectivity index (χ4n) is 1.59. The zero-order valence-electron chi connectivity index (χ0n) is 10.0. The average molecular weight is 257 g/mol. The zero-order chi connectivity index (χ0) is 12.7. The highest BCUT2D eigenvalue weighted by Gasteiger charge is 2.18. The van der Waals surface area contributed by atoms with Crippen LogP contribution in [0.1, 0.15) is 12.5 Å². The van der Waals surface area contributed by atoms with Crippen LogP contribution < -0.4 is 5.73 Å². The zero-order valence-corrected chi connectivity index (χ0v) is 10.8. The molecular formula is C12H19NO3S. The monoisotopic (exact) mass is 257 g/mol. The molecular weight excluding hydrogens is 238 g/mol. The highest BCUT2D eigenvalue weighted by molar-refractivity contribution is 7.90. The number of rotatable bonds is 7. The van der Waals surface area contributed by atoms with Crippen LogP contribution in [0.5, 0.6) is 0 Å². The number of sulfone groups is 1. The first-order valence-corrected chi connectivity index (χ1v) is 7.45. The molecule has 4 nitrogen and oxygen atoms in total. The quantitative estimate of drug-likeness (QED) is 0.790. The van der Waals surface area contributed by atoms with E-state index < -0.39 is 15.9 Å². The molecule has 1 rings (SSSR count). The highest BCUT2D eigenvalue weighted by Crippen LogP contribution is 2.08. The number of ether oxygens (including phenoxy) is 1. The van der Waals surface area contributed by atoms with Crippen molar-refractivity contribution in [3.8, 4) is 0 Å². The molecule has 0 radical (unpaired) electrons. The van der Waals surface area contributed by atoms with E-state index in [0.717, 1.165) is 5.56 Å². The van der Waals surface area contributed by atoms with E-state index in [1.807, 2.05) is 25.1 Å². The minimum Gasteiger partial charge on any atom is -0.376 e. The van der Waals surface area contributed by atoms with Gasteiger partial charge in [-0.15, -0.1) is 0 Å². The van der Waals surface area contributed by atoms with Crippen LogP contribution in [0.3, 0.4) is 0 Å². The van der Waals surface area contributed by atoms with E-state index in [4.69, 9.17) is 10.5 Å². The minimum absolute atomic E-state index is 0.0216. The molecule has 0 bridgehead atoms. The van der Waals surface area contributed by atoms with Gasteiger partial charge < -0.3 is 10.5 Å². The molecule has 0 aliphatic carbocycles. The predicted molar refractivity (Wildman–Crippen MR) is 68.4 cm³/mol. The van der Waals surface area contributed by atoms with Crippen molar-refractivity contribution in [3.05, 3.63) is 35.9 Å².